The molecule has 0 bridgehead atoms. The first kappa shape index (κ1) is 16.4. The molecule has 5 heteroatoms. The van der Waals surface area contributed by atoms with Crippen molar-refractivity contribution >= 4 is 6.09 Å². The van der Waals surface area contributed by atoms with Gasteiger partial charge >= 0.3 is 6.09 Å². The number of benzene rings is 2. The van der Waals surface area contributed by atoms with Crippen LogP contribution in [-0.2, 0) is 4.74 Å². The number of para-hydroxylation sites is 1. The van der Waals surface area contributed by atoms with Crippen molar-refractivity contribution in [3.8, 4) is 17.2 Å². The summed E-state index contributed by atoms with van der Waals surface area (Å²) < 4.78 is 16.0. The molecule has 0 aromatic heterocycles. The van der Waals surface area contributed by atoms with E-state index in [0.717, 1.165) is 11.5 Å². The molecule has 0 saturated heterocycles. The Morgan fingerprint density at radius 3 is 2.35 bits per heavy atom. The highest BCUT2D eigenvalue weighted by atomic mass is 16.5. The molecule has 0 spiro atoms. The predicted molar refractivity (Wildman–Crippen MR) is 88.0 cm³/mol. The molecule has 0 radical (unpaired) electrons. The molecule has 1 N–H and O–H groups in total. The molecule has 0 aliphatic carbocycles. The highest BCUT2D eigenvalue weighted by Gasteiger charge is 2.01. The van der Waals surface area contributed by atoms with Gasteiger partial charge in [-0.25, -0.2) is 4.79 Å². The summed E-state index contributed by atoms with van der Waals surface area (Å²) in [5.41, 5.74) is 0. The van der Waals surface area contributed by atoms with Crippen LogP contribution < -0.4 is 14.8 Å². The third-order valence-electron chi connectivity index (χ3n) is 2.78. The minimum Gasteiger partial charge on any atom is -0.492 e. The van der Waals surface area contributed by atoms with E-state index in [1.54, 1.807) is 0 Å². The number of ether oxygens (including phenoxy) is 3. The molecule has 0 fully saturated rings. The molecule has 0 aliphatic rings. The minimum atomic E-state index is -0.486. The third kappa shape index (κ3) is 6.13. The second-order valence-electron chi connectivity index (χ2n) is 4.55. The van der Waals surface area contributed by atoms with Crippen LogP contribution in [0.5, 0.6) is 17.2 Å². The maximum atomic E-state index is 11.2. The number of hydrogen-bond donors (Lipinski definition) is 1. The fraction of sp³-hybridized carbons (Fsp3) is 0.167. The molecule has 2 aromatic carbocycles. The second kappa shape index (κ2) is 9.15. The summed E-state index contributed by atoms with van der Waals surface area (Å²) in [4.78, 5) is 11.2. The van der Waals surface area contributed by atoms with Gasteiger partial charge in [0.15, 0.2) is 0 Å². The van der Waals surface area contributed by atoms with Gasteiger partial charge in [-0.3, -0.25) is 0 Å². The molecule has 2 aromatic rings. The van der Waals surface area contributed by atoms with Crippen LogP contribution >= 0.6 is 0 Å². The molecular weight excluding hydrogens is 294 g/mol. The van der Waals surface area contributed by atoms with Gasteiger partial charge in [0.25, 0.3) is 0 Å². The van der Waals surface area contributed by atoms with Crippen molar-refractivity contribution < 1.29 is 19.0 Å². The summed E-state index contributed by atoms with van der Waals surface area (Å²) in [6, 6.07) is 16.8. The lowest BCUT2D eigenvalue weighted by Crippen LogP contribution is -2.28. The summed E-state index contributed by atoms with van der Waals surface area (Å²) in [5, 5.41) is 2.57. The second-order valence-corrected chi connectivity index (χ2v) is 4.55. The summed E-state index contributed by atoms with van der Waals surface area (Å²) in [6.07, 6.45) is 1.02. The van der Waals surface area contributed by atoms with E-state index in [9.17, 15) is 4.79 Å². The lowest BCUT2D eigenvalue weighted by molar-refractivity contribution is 0.156. The minimum absolute atomic E-state index is 0.190. The van der Waals surface area contributed by atoms with Crippen molar-refractivity contribution in [1.82, 2.24) is 5.32 Å². The first-order chi connectivity index (χ1) is 11.3. The topological polar surface area (TPSA) is 56.8 Å². The smallest absolute Gasteiger partial charge is 0.407 e. The van der Waals surface area contributed by atoms with Gasteiger partial charge in [0.2, 0.25) is 0 Å². The van der Waals surface area contributed by atoms with Crippen LogP contribution in [0.2, 0.25) is 0 Å². The average molecular weight is 313 g/mol. The maximum absolute atomic E-state index is 11.2. The fourth-order valence-electron chi connectivity index (χ4n) is 1.74. The lowest BCUT2D eigenvalue weighted by Gasteiger charge is -2.09. The molecule has 0 atom stereocenters. The Morgan fingerprint density at radius 2 is 1.65 bits per heavy atom. The van der Waals surface area contributed by atoms with E-state index in [1.165, 1.54) is 6.08 Å². The van der Waals surface area contributed by atoms with E-state index in [0.29, 0.717) is 18.9 Å². The van der Waals surface area contributed by atoms with E-state index in [2.05, 4.69) is 11.9 Å². The Morgan fingerprint density at radius 1 is 1.00 bits per heavy atom. The Labute approximate surface area is 135 Å². The number of nitrogens with one attached hydrogen (secondary N) is 1. The van der Waals surface area contributed by atoms with Crippen LogP contribution in [0.4, 0.5) is 4.79 Å². The predicted octanol–water partition coefficient (Wildman–Crippen LogP) is 3.77. The summed E-state index contributed by atoms with van der Waals surface area (Å²) >= 11 is 0. The molecule has 2 rings (SSSR count). The molecular formula is C18H19NO4. The fourth-order valence-corrected chi connectivity index (χ4v) is 1.74. The van der Waals surface area contributed by atoms with Gasteiger partial charge in [-0.15, -0.1) is 0 Å². The van der Waals surface area contributed by atoms with Gasteiger partial charge in [-0.2, -0.15) is 0 Å². The largest absolute Gasteiger partial charge is 0.492 e. The highest BCUT2D eigenvalue weighted by Crippen LogP contribution is 2.23. The van der Waals surface area contributed by atoms with Crippen LogP contribution in [0.25, 0.3) is 0 Å². The van der Waals surface area contributed by atoms with Crippen molar-refractivity contribution in [2.24, 2.45) is 0 Å². The van der Waals surface area contributed by atoms with E-state index < -0.39 is 6.09 Å². The van der Waals surface area contributed by atoms with Gasteiger partial charge in [-0.05, 0) is 36.4 Å². The summed E-state index contributed by atoms with van der Waals surface area (Å²) in [5.74, 6) is 2.21. The van der Waals surface area contributed by atoms with Gasteiger partial charge in [0.05, 0.1) is 6.54 Å². The monoisotopic (exact) mass is 313 g/mol. The molecule has 0 unspecified atom stereocenters. The molecule has 0 aliphatic heterocycles. The normalized spacial score (nSPS) is 9.74. The van der Waals surface area contributed by atoms with Crippen LogP contribution in [-0.4, -0.2) is 25.9 Å². The van der Waals surface area contributed by atoms with E-state index in [-0.39, 0.29) is 6.61 Å². The molecule has 5 nitrogen and oxygen atoms in total. The SMILES string of the molecule is C=CCOC(=O)NCCOc1ccc(Oc2ccccc2)cc1. The molecule has 0 heterocycles. The Bertz CT molecular complexity index is 611. The first-order valence-corrected chi connectivity index (χ1v) is 7.25. The van der Waals surface area contributed by atoms with Crippen LogP contribution in [0, 0.1) is 0 Å². The van der Waals surface area contributed by atoms with E-state index in [1.807, 2.05) is 54.6 Å². The molecule has 0 saturated carbocycles. The Balaban J connectivity index is 1.71. The number of carbonyl (C=O) groups is 1. The van der Waals surface area contributed by atoms with E-state index >= 15 is 0 Å². The van der Waals surface area contributed by atoms with Crippen molar-refractivity contribution in [3.63, 3.8) is 0 Å². The standard InChI is InChI=1S/C18H19NO4/c1-2-13-22-18(20)19-12-14-21-15-8-10-17(11-9-15)23-16-6-4-3-5-7-16/h2-11H,1,12-14H2,(H,19,20). The van der Waals surface area contributed by atoms with Gasteiger partial charge < -0.3 is 19.5 Å². The summed E-state index contributed by atoms with van der Waals surface area (Å²) in [7, 11) is 0. The highest BCUT2D eigenvalue weighted by molar-refractivity contribution is 5.67. The van der Waals surface area contributed by atoms with Crippen molar-refractivity contribution in [3.05, 3.63) is 67.3 Å². The number of alkyl carbamates (subject to hydrolysis) is 1. The van der Waals surface area contributed by atoms with Gasteiger partial charge in [0, 0.05) is 0 Å². The average Bonchev–Trinajstić information content (AvgIpc) is 2.59. The van der Waals surface area contributed by atoms with Crippen molar-refractivity contribution in [1.29, 1.82) is 0 Å². The molecule has 120 valence electrons. The van der Waals surface area contributed by atoms with Crippen molar-refractivity contribution in [2.45, 2.75) is 0 Å². The zero-order chi connectivity index (χ0) is 16.3. The van der Waals surface area contributed by atoms with E-state index in [4.69, 9.17) is 14.2 Å². The molecule has 1 amide bonds. The zero-order valence-corrected chi connectivity index (χ0v) is 12.7. The van der Waals surface area contributed by atoms with Crippen LogP contribution in [0.3, 0.4) is 0 Å². The number of carbonyl (C=O) groups excluding carboxylic acids is 1. The number of hydrogen-bond acceptors (Lipinski definition) is 4. The van der Waals surface area contributed by atoms with Crippen LogP contribution in [0.15, 0.2) is 67.3 Å². The third-order valence-corrected chi connectivity index (χ3v) is 2.78. The van der Waals surface area contributed by atoms with Gasteiger partial charge in [0.1, 0.15) is 30.5 Å². The Hall–Kier alpha value is -2.95. The van der Waals surface area contributed by atoms with Crippen LogP contribution in [0.1, 0.15) is 0 Å². The lowest BCUT2D eigenvalue weighted by atomic mass is 10.3. The molecule has 23 heavy (non-hydrogen) atoms. The first-order valence-electron chi connectivity index (χ1n) is 7.25. The zero-order valence-electron chi connectivity index (χ0n) is 12.7. The number of rotatable bonds is 8. The maximum Gasteiger partial charge on any atom is 0.407 e. The van der Waals surface area contributed by atoms with Crippen molar-refractivity contribution in [2.75, 3.05) is 19.8 Å². The Kier molecular flexibility index (Phi) is 6.53. The summed E-state index contributed by atoms with van der Waals surface area (Å²) in [6.45, 7) is 4.36. The quantitative estimate of drug-likeness (QED) is 0.595. The number of amides is 1. The van der Waals surface area contributed by atoms with Gasteiger partial charge in [-0.1, -0.05) is 30.9 Å².